The van der Waals surface area contributed by atoms with Gasteiger partial charge in [0.25, 0.3) is 0 Å². The lowest BCUT2D eigenvalue weighted by atomic mass is 10.1. The fraction of sp³-hybridized carbons (Fsp3) is 0.481. The predicted molar refractivity (Wildman–Crippen MR) is 136 cm³/mol. The molecule has 0 radical (unpaired) electrons. The normalized spacial score (nSPS) is 21.8. The van der Waals surface area contributed by atoms with Gasteiger partial charge < -0.3 is 19.9 Å². The molecule has 2 atom stereocenters. The average Bonchev–Trinajstić information content (AvgIpc) is 3.56. The van der Waals surface area contributed by atoms with Crippen molar-refractivity contribution in [3.05, 3.63) is 59.8 Å². The zero-order valence-corrected chi connectivity index (χ0v) is 20.6. The second-order valence-electron chi connectivity index (χ2n) is 9.62. The van der Waals surface area contributed by atoms with Gasteiger partial charge in [-0.05, 0) is 31.0 Å². The van der Waals surface area contributed by atoms with Gasteiger partial charge in [-0.2, -0.15) is 15.2 Å². The van der Waals surface area contributed by atoms with E-state index in [-0.39, 0.29) is 18.4 Å². The smallest absolute Gasteiger partial charge is 0.318 e. The molecule has 188 valence electrons. The minimum absolute atomic E-state index is 0.134. The Bertz CT molecular complexity index is 1130. The van der Waals surface area contributed by atoms with Gasteiger partial charge in [0.1, 0.15) is 12.4 Å². The van der Waals surface area contributed by atoms with Gasteiger partial charge in [0.2, 0.25) is 5.91 Å². The van der Waals surface area contributed by atoms with Crippen molar-refractivity contribution >= 4 is 11.7 Å². The number of carbonyl (C=O) groups is 1. The first-order valence-corrected chi connectivity index (χ1v) is 12.7. The number of aromatic nitrogens is 2. The van der Waals surface area contributed by atoms with Crippen LogP contribution in [0.5, 0.6) is 6.01 Å². The molecule has 1 aromatic heterocycles. The van der Waals surface area contributed by atoms with Crippen LogP contribution in [0.25, 0.3) is 0 Å². The second kappa shape index (κ2) is 11.1. The van der Waals surface area contributed by atoms with Crippen molar-refractivity contribution in [3.63, 3.8) is 0 Å². The number of carbonyl (C=O) groups excluding carboxylic acids is 1. The Hall–Kier alpha value is -3.48. The van der Waals surface area contributed by atoms with Gasteiger partial charge in [-0.15, -0.1) is 0 Å². The highest BCUT2D eigenvalue weighted by atomic mass is 16.5. The van der Waals surface area contributed by atoms with Crippen molar-refractivity contribution in [1.29, 1.82) is 5.26 Å². The monoisotopic (exact) mass is 487 g/mol. The number of nitriles is 1. The summed E-state index contributed by atoms with van der Waals surface area (Å²) in [4.78, 5) is 28.3. The molecule has 1 aromatic carbocycles. The summed E-state index contributed by atoms with van der Waals surface area (Å²) in [7, 11) is 0. The zero-order chi connectivity index (χ0) is 24.9. The molecule has 2 saturated heterocycles. The highest BCUT2D eigenvalue weighted by Gasteiger charge is 2.33. The number of nitrogens with one attached hydrogen (secondary N) is 1. The Kier molecular flexibility index (Phi) is 7.44. The van der Waals surface area contributed by atoms with E-state index in [4.69, 9.17) is 14.7 Å². The molecular weight excluding hydrogens is 454 g/mol. The zero-order valence-electron chi connectivity index (χ0n) is 20.6. The van der Waals surface area contributed by atoms with Crippen LogP contribution >= 0.6 is 0 Å². The molecule has 9 heteroatoms. The lowest BCUT2D eigenvalue weighted by Gasteiger charge is -2.41. The Balaban J connectivity index is 1.30. The lowest BCUT2D eigenvalue weighted by Crippen LogP contribution is -2.55. The third kappa shape index (κ3) is 5.20. The van der Waals surface area contributed by atoms with Crippen LogP contribution in [0.2, 0.25) is 0 Å². The second-order valence-corrected chi connectivity index (χ2v) is 9.62. The summed E-state index contributed by atoms with van der Waals surface area (Å²) in [5, 5.41) is 12.7. The van der Waals surface area contributed by atoms with Crippen LogP contribution in [0.15, 0.2) is 43.0 Å². The molecule has 5 rings (SSSR count). The van der Waals surface area contributed by atoms with Crippen molar-refractivity contribution in [2.75, 3.05) is 37.7 Å². The van der Waals surface area contributed by atoms with E-state index < -0.39 is 0 Å². The molecule has 0 unspecified atom stereocenters. The van der Waals surface area contributed by atoms with Crippen molar-refractivity contribution in [3.8, 4) is 12.1 Å². The van der Waals surface area contributed by atoms with E-state index in [9.17, 15) is 10.1 Å². The molecule has 0 bridgehead atoms. The van der Waals surface area contributed by atoms with Gasteiger partial charge in [-0.1, -0.05) is 36.9 Å². The van der Waals surface area contributed by atoms with Gasteiger partial charge in [0, 0.05) is 50.9 Å². The quantitative estimate of drug-likeness (QED) is 0.567. The largest absolute Gasteiger partial charge is 0.462 e. The molecule has 2 aromatic rings. The van der Waals surface area contributed by atoms with Crippen LogP contribution in [-0.2, 0) is 24.4 Å². The molecule has 1 N–H and O–H groups in total. The number of piperazine rings is 1. The van der Waals surface area contributed by atoms with Gasteiger partial charge in [-0.25, -0.2) is 0 Å². The number of nitrogens with zero attached hydrogens (tertiary/aromatic N) is 6. The van der Waals surface area contributed by atoms with E-state index in [0.717, 1.165) is 43.0 Å². The maximum absolute atomic E-state index is 12.3. The number of fused-ring (bicyclic) bond motifs is 1. The number of hydrogen-bond acceptors (Lipinski definition) is 8. The highest BCUT2D eigenvalue weighted by molar-refractivity contribution is 5.87. The van der Waals surface area contributed by atoms with E-state index in [0.29, 0.717) is 51.4 Å². The van der Waals surface area contributed by atoms with E-state index >= 15 is 0 Å². The van der Waals surface area contributed by atoms with Gasteiger partial charge in [-0.3, -0.25) is 9.69 Å². The Morgan fingerprint density at radius 3 is 2.86 bits per heavy atom. The Morgan fingerprint density at radius 1 is 1.19 bits per heavy atom. The summed E-state index contributed by atoms with van der Waals surface area (Å²) in [6, 6.07) is 13.3. The molecule has 2 fully saturated rings. The first-order chi connectivity index (χ1) is 17.7. The van der Waals surface area contributed by atoms with Crippen molar-refractivity contribution < 1.29 is 9.53 Å². The summed E-state index contributed by atoms with van der Waals surface area (Å²) >= 11 is 0. The maximum atomic E-state index is 12.3. The number of amides is 1. The molecule has 3 aliphatic heterocycles. The van der Waals surface area contributed by atoms with Crippen LogP contribution in [0, 0.1) is 11.3 Å². The number of hydrogen-bond donors (Lipinski definition) is 1. The molecule has 3 aliphatic rings. The number of benzene rings is 1. The minimum atomic E-state index is -0.205. The molecular formula is C27H33N7O2. The van der Waals surface area contributed by atoms with Crippen LogP contribution < -0.4 is 15.0 Å². The summed E-state index contributed by atoms with van der Waals surface area (Å²) in [5.41, 5.74) is 3.35. The Labute approximate surface area is 212 Å². The van der Waals surface area contributed by atoms with E-state index in [1.54, 1.807) is 4.90 Å². The summed E-state index contributed by atoms with van der Waals surface area (Å²) < 4.78 is 6.22. The highest BCUT2D eigenvalue weighted by Crippen LogP contribution is 2.30. The number of likely N-dealkylation sites (tertiary alicyclic amines) is 1. The van der Waals surface area contributed by atoms with Gasteiger partial charge in [0.15, 0.2) is 0 Å². The third-order valence-electron chi connectivity index (χ3n) is 7.34. The molecule has 1 amide bonds. The SMILES string of the molecule is C=CC(=O)N1CCN(c2nc(OC[C@@H]3CCCN3Cc3ccccc3)nc3c2CNC3)C[C@@H]1CC#N. The van der Waals surface area contributed by atoms with Crippen LogP contribution in [0.4, 0.5) is 5.82 Å². The standard InChI is InChI=1S/C27H33N7O2/c1-2-25(35)34-14-13-33(18-21(34)10-11-28)26-23-15-29-16-24(23)30-27(31-26)36-19-22-9-6-12-32(22)17-20-7-4-3-5-8-20/h2-5,7-8,21-22,29H,1,6,9-10,12-19H2/t21-,22-/m0/s1. The fourth-order valence-corrected chi connectivity index (χ4v) is 5.47. The van der Waals surface area contributed by atoms with E-state index in [1.165, 1.54) is 11.6 Å². The van der Waals surface area contributed by atoms with E-state index in [2.05, 4.69) is 52.0 Å². The lowest BCUT2D eigenvalue weighted by molar-refractivity contribution is -0.128. The summed E-state index contributed by atoms with van der Waals surface area (Å²) in [6.45, 7) is 9.24. The molecule has 0 aliphatic carbocycles. The summed E-state index contributed by atoms with van der Waals surface area (Å²) in [5.74, 6) is 0.714. The van der Waals surface area contributed by atoms with Crippen LogP contribution in [0.3, 0.4) is 0 Å². The third-order valence-corrected chi connectivity index (χ3v) is 7.34. The Morgan fingerprint density at radius 2 is 2.06 bits per heavy atom. The number of rotatable bonds is 8. The topological polar surface area (TPSA) is 97.6 Å². The van der Waals surface area contributed by atoms with Crippen molar-refractivity contribution in [1.82, 2.24) is 25.1 Å². The van der Waals surface area contributed by atoms with Crippen molar-refractivity contribution in [2.45, 2.75) is 51.0 Å². The van der Waals surface area contributed by atoms with Crippen LogP contribution in [-0.4, -0.2) is 70.5 Å². The van der Waals surface area contributed by atoms with Crippen LogP contribution in [0.1, 0.15) is 36.1 Å². The molecule has 4 heterocycles. The summed E-state index contributed by atoms with van der Waals surface area (Å²) in [6.07, 6.45) is 3.85. The predicted octanol–water partition coefficient (Wildman–Crippen LogP) is 2.24. The minimum Gasteiger partial charge on any atom is -0.462 e. The number of ether oxygens (including phenoxy) is 1. The molecule has 0 saturated carbocycles. The first kappa shape index (κ1) is 24.2. The molecule has 9 nitrogen and oxygen atoms in total. The molecule has 36 heavy (non-hydrogen) atoms. The van der Waals surface area contributed by atoms with Gasteiger partial charge in [0.05, 0.1) is 24.2 Å². The average molecular weight is 488 g/mol. The maximum Gasteiger partial charge on any atom is 0.318 e. The van der Waals surface area contributed by atoms with Crippen molar-refractivity contribution in [2.24, 2.45) is 0 Å². The first-order valence-electron chi connectivity index (χ1n) is 12.7. The molecule has 0 spiro atoms. The van der Waals surface area contributed by atoms with Gasteiger partial charge >= 0.3 is 6.01 Å². The van der Waals surface area contributed by atoms with E-state index in [1.807, 2.05) is 6.07 Å². The fourth-order valence-electron chi connectivity index (χ4n) is 5.47. The number of anilines is 1.